The lowest BCUT2D eigenvalue weighted by Gasteiger charge is -2.23. The number of nitrogens with zero attached hydrogens (tertiary/aromatic N) is 3. The number of pyridine rings is 3. The lowest BCUT2D eigenvalue weighted by molar-refractivity contribution is 0.0904. The fourth-order valence-electron chi connectivity index (χ4n) is 2.92. The molecular formula is C18H17ClN4O. The predicted molar refractivity (Wildman–Crippen MR) is 95.2 cm³/mol. The number of aromatic nitrogens is 3. The average molecular weight is 341 g/mol. The van der Waals surface area contributed by atoms with Crippen LogP contribution in [0, 0.1) is 0 Å². The van der Waals surface area contributed by atoms with Crippen molar-refractivity contribution in [1.29, 1.82) is 0 Å². The fourth-order valence-corrected chi connectivity index (χ4v) is 3.19. The Morgan fingerprint density at radius 3 is 2.88 bits per heavy atom. The van der Waals surface area contributed by atoms with Gasteiger partial charge >= 0.3 is 0 Å². The number of anilines is 1. The van der Waals surface area contributed by atoms with Crippen LogP contribution in [-0.2, 0) is 4.74 Å². The van der Waals surface area contributed by atoms with Gasteiger partial charge < -0.3 is 10.1 Å². The Bertz CT molecular complexity index is 865. The van der Waals surface area contributed by atoms with Gasteiger partial charge in [-0.15, -0.1) is 0 Å². The van der Waals surface area contributed by atoms with Gasteiger partial charge in [0.15, 0.2) is 0 Å². The number of hydrogen-bond donors (Lipinski definition) is 1. The Kier molecular flexibility index (Phi) is 4.28. The first kappa shape index (κ1) is 15.3. The number of nitrogens with one attached hydrogen (secondary N) is 1. The van der Waals surface area contributed by atoms with Gasteiger partial charge in [0.2, 0.25) is 0 Å². The summed E-state index contributed by atoms with van der Waals surface area (Å²) < 4.78 is 5.39. The van der Waals surface area contributed by atoms with Gasteiger partial charge in [0, 0.05) is 54.2 Å². The first-order chi connectivity index (χ1) is 11.8. The second kappa shape index (κ2) is 6.71. The predicted octanol–water partition coefficient (Wildman–Crippen LogP) is 3.94. The highest BCUT2D eigenvalue weighted by atomic mass is 35.5. The molecule has 4 rings (SSSR count). The number of halogens is 1. The van der Waals surface area contributed by atoms with Crippen molar-refractivity contribution < 1.29 is 4.74 Å². The molecule has 1 saturated heterocycles. The van der Waals surface area contributed by atoms with E-state index in [1.54, 1.807) is 18.6 Å². The monoisotopic (exact) mass is 340 g/mol. The van der Waals surface area contributed by atoms with Gasteiger partial charge in [-0.25, -0.2) is 9.97 Å². The molecule has 1 N–H and O–H groups in total. The summed E-state index contributed by atoms with van der Waals surface area (Å²) in [5.74, 6) is 0.851. The summed E-state index contributed by atoms with van der Waals surface area (Å²) in [6.07, 6.45) is 7.31. The summed E-state index contributed by atoms with van der Waals surface area (Å²) in [7, 11) is 0. The molecule has 1 fully saturated rings. The van der Waals surface area contributed by atoms with Crippen molar-refractivity contribution >= 4 is 28.2 Å². The molecule has 0 unspecified atom stereocenters. The van der Waals surface area contributed by atoms with Crippen LogP contribution < -0.4 is 5.32 Å². The minimum absolute atomic E-state index is 0.402. The topological polar surface area (TPSA) is 59.9 Å². The summed E-state index contributed by atoms with van der Waals surface area (Å²) in [4.78, 5) is 13.1. The molecule has 0 spiro atoms. The Labute approximate surface area is 145 Å². The van der Waals surface area contributed by atoms with E-state index in [4.69, 9.17) is 16.3 Å². The van der Waals surface area contributed by atoms with Gasteiger partial charge in [-0.05, 0) is 37.1 Å². The van der Waals surface area contributed by atoms with Crippen LogP contribution in [0.1, 0.15) is 12.8 Å². The second-order valence-electron chi connectivity index (χ2n) is 5.86. The third-order valence-corrected chi connectivity index (χ3v) is 4.50. The first-order valence-corrected chi connectivity index (χ1v) is 8.38. The van der Waals surface area contributed by atoms with Crippen molar-refractivity contribution in [1.82, 2.24) is 15.0 Å². The summed E-state index contributed by atoms with van der Waals surface area (Å²) >= 11 is 6.32. The minimum Gasteiger partial charge on any atom is -0.381 e. The van der Waals surface area contributed by atoms with Crippen LogP contribution in [0.25, 0.3) is 22.0 Å². The SMILES string of the molecule is Clc1nc(-c2ccnc(NC3CCOCC3)c2)cc2cnccc12. The lowest BCUT2D eigenvalue weighted by Crippen LogP contribution is -2.28. The molecule has 3 aromatic heterocycles. The molecule has 6 heteroatoms. The maximum Gasteiger partial charge on any atom is 0.137 e. The minimum atomic E-state index is 0.402. The van der Waals surface area contributed by atoms with Crippen molar-refractivity contribution in [3.8, 4) is 11.3 Å². The molecule has 0 bridgehead atoms. The summed E-state index contributed by atoms with van der Waals surface area (Å²) in [5.41, 5.74) is 1.80. The van der Waals surface area contributed by atoms with Crippen LogP contribution in [0.5, 0.6) is 0 Å². The number of hydrogen-bond acceptors (Lipinski definition) is 5. The standard InChI is InChI=1S/C18H17ClN4O/c19-18-15-2-5-20-11-13(15)9-16(23-18)12-1-6-21-17(10-12)22-14-3-7-24-8-4-14/h1-2,5-6,9-11,14H,3-4,7-8H2,(H,21,22). The Balaban J connectivity index is 1.65. The zero-order valence-electron chi connectivity index (χ0n) is 13.1. The molecular weight excluding hydrogens is 324 g/mol. The van der Waals surface area contributed by atoms with Gasteiger partial charge in [0.05, 0.1) is 5.69 Å². The van der Waals surface area contributed by atoms with E-state index in [9.17, 15) is 0 Å². The maximum absolute atomic E-state index is 6.32. The highest BCUT2D eigenvalue weighted by Gasteiger charge is 2.14. The van der Waals surface area contributed by atoms with Crippen molar-refractivity contribution in [2.75, 3.05) is 18.5 Å². The van der Waals surface area contributed by atoms with E-state index in [0.717, 1.165) is 53.9 Å². The molecule has 0 aromatic carbocycles. The average Bonchev–Trinajstić information content (AvgIpc) is 2.63. The second-order valence-corrected chi connectivity index (χ2v) is 6.21. The van der Waals surface area contributed by atoms with Crippen molar-refractivity contribution in [3.63, 3.8) is 0 Å². The van der Waals surface area contributed by atoms with Crippen LogP contribution in [0.15, 0.2) is 42.9 Å². The molecule has 3 aromatic rings. The van der Waals surface area contributed by atoms with E-state index in [1.165, 1.54) is 0 Å². The third-order valence-electron chi connectivity index (χ3n) is 4.21. The molecule has 0 atom stereocenters. The van der Waals surface area contributed by atoms with Gasteiger partial charge in [0.1, 0.15) is 11.0 Å². The van der Waals surface area contributed by atoms with Gasteiger partial charge in [-0.1, -0.05) is 11.6 Å². The van der Waals surface area contributed by atoms with Gasteiger partial charge in [-0.2, -0.15) is 0 Å². The van der Waals surface area contributed by atoms with Crippen molar-refractivity contribution in [2.45, 2.75) is 18.9 Å². The summed E-state index contributed by atoms with van der Waals surface area (Å²) in [5, 5.41) is 5.85. The quantitative estimate of drug-likeness (QED) is 0.732. The first-order valence-electron chi connectivity index (χ1n) is 8.00. The molecule has 0 saturated carbocycles. The number of rotatable bonds is 3. The van der Waals surface area contributed by atoms with E-state index in [1.807, 2.05) is 24.3 Å². The number of fused-ring (bicyclic) bond motifs is 1. The van der Waals surface area contributed by atoms with E-state index in [2.05, 4.69) is 20.3 Å². The number of ether oxygens (including phenoxy) is 1. The highest BCUT2D eigenvalue weighted by molar-refractivity contribution is 6.34. The molecule has 4 heterocycles. The van der Waals surface area contributed by atoms with Crippen LogP contribution in [0.4, 0.5) is 5.82 Å². The van der Waals surface area contributed by atoms with Gasteiger partial charge in [-0.3, -0.25) is 4.98 Å². The summed E-state index contributed by atoms with van der Waals surface area (Å²) in [6.45, 7) is 1.60. The van der Waals surface area contributed by atoms with E-state index in [-0.39, 0.29) is 0 Å². The van der Waals surface area contributed by atoms with E-state index >= 15 is 0 Å². The van der Waals surface area contributed by atoms with E-state index < -0.39 is 0 Å². The van der Waals surface area contributed by atoms with Crippen molar-refractivity contribution in [2.24, 2.45) is 0 Å². The van der Waals surface area contributed by atoms with Crippen LogP contribution in [0.3, 0.4) is 0 Å². The zero-order chi connectivity index (χ0) is 16.4. The van der Waals surface area contributed by atoms with Crippen molar-refractivity contribution in [3.05, 3.63) is 48.0 Å². The molecule has 5 nitrogen and oxygen atoms in total. The Hall–Kier alpha value is -2.24. The molecule has 1 aliphatic rings. The molecule has 24 heavy (non-hydrogen) atoms. The fraction of sp³-hybridized carbons (Fsp3) is 0.278. The Morgan fingerprint density at radius 1 is 1.12 bits per heavy atom. The maximum atomic E-state index is 6.32. The molecule has 0 aliphatic carbocycles. The molecule has 1 aliphatic heterocycles. The molecule has 0 amide bonds. The largest absolute Gasteiger partial charge is 0.381 e. The van der Waals surface area contributed by atoms with E-state index in [0.29, 0.717) is 11.2 Å². The third kappa shape index (κ3) is 3.18. The highest BCUT2D eigenvalue weighted by Crippen LogP contribution is 2.28. The smallest absolute Gasteiger partial charge is 0.137 e. The molecule has 0 radical (unpaired) electrons. The van der Waals surface area contributed by atoms with Crippen LogP contribution in [0.2, 0.25) is 5.15 Å². The normalized spacial score (nSPS) is 15.5. The molecule has 122 valence electrons. The Morgan fingerprint density at radius 2 is 2.00 bits per heavy atom. The zero-order valence-corrected chi connectivity index (χ0v) is 13.8. The van der Waals surface area contributed by atoms with Gasteiger partial charge in [0.25, 0.3) is 0 Å². The summed E-state index contributed by atoms with van der Waals surface area (Å²) in [6, 6.07) is 8.23. The van der Waals surface area contributed by atoms with Crippen LogP contribution >= 0.6 is 11.6 Å². The lowest BCUT2D eigenvalue weighted by atomic mass is 10.1. The van der Waals surface area contributed by atoms with Crippen LogP contribution in [-0.4, -0.2) is 34.2 Å².